The molecule has 0 saturated carbocycles. The van der Waals surface area contributed by atoms with Crippen LogP contribution < -0.4 is 4.74 Å². The minimum absolute atomic E-state index is 0.00757. The van der Waals surface area contributed by atoms with E-state index in [0.29, 0.717) is 29.2 Å². The lowest BCUT2D eigenvalue weighted by Gasteiger charge is -2.09. The van der Waals surface area contributed by atoms with Gasteiger partial charge in [0.1, 0.15) is 12.4 Å². The van der Waals surface area contributed by atoms with Gasteiger partial charge in [-0.05, 0) is 30.2 Å². The predicted molar refractivity (Wildman–Crippen MR) is 108 cm³/mol. The summed E-state index contributed by atoms with van der Waals surface area (Å²) in [5.41, 5.74) is 3.62. The zero-order valence-electron chi connectivity index (χ0n) is 15.5. The first-order valence-corrected chi connectivity index (χ1v) is 8.87. The number of hydrogen-bond donors (Lipinski definition) is 0. The number of ether oxygens (including phenoxy) is 1. The van der Waals surface area contributed by atoms with E-state index in [2.05, 4.69) is 4.85 Å². The quantitative estimate of drug-likeness (QED) is 0.411. The van der Waals surface area contributed by atoms with Crippen molar-refractivity contribution < 1.29 is 14.3 Å². The maximum Gasteiger partial charge on any atom is 0.187 e. The molecule has 3 rings (SSSR count). The topological polar surface area (TPSA) is 47.7 Å². The van der Waals surface area contributed by atoms with Crippen LogP contribution in [0.1, 0.15) is 38.8 Å². The van der Waals surface area contributed by atoms with Crippen LogP contribution in [-0.4, -0.2) is 11.6 Å². The minimum atomic E-state index is -0.00757. The van der Waals surface area contributed by atoms with Crippen LogP contribution in [0, 0.1) is 6.57 Å². The van der Waals surface area contributed by atoms with Gasteiger partial charge in [0.25, 0.3) is 0 Å². The van der Waals surface area contributed by atoms with Crippen molar-refractivity contribution in [3.63, 3.8) is 0 Å². The third-order valence-electron chi connectivity index (χ3n) is 4.35. The molecule has 0 spiro atoms. The van der Waals surface area contributed by atoms with E-state index in [1.165, 1.54) is 6.92 Å². The number of benzene rings is 3. The van der Waals surface area contributed by atoms with Crippen molar-refractivity contribution in [3.05, 3.63) is 106 Å². The number of carbonyl (C=O) groups excluding carboxylic acids is 2. The number of hydrogen-bond acceptors (Lipinski definition) is 3. The van der Waals surface area contributed by atoms with Crippen LogP contribution in [0.25, 0.3) is 4.85 Å². The zero-order chi connectivity index (χ0) is 19.9. The summed E-state index contributed by atoms with van der Waals surface area (Å²) in [6.45, 7) is 8.86. The molecule has 0 aliphatic carbocycles. The average molecular weight is 369 g/mol. The SMILES string of the molecule is [C-]#[N+]c1ccc(CC(=O)c2cccc(OCc3ccc(C(C)=O)cc3)c2)cc1. The highest BCUT2D eigenvalue weighted by Gasteiger charge is 2.09. The number of Topliss-reactive ketones (excluding diaryl/α,β-unsaturated/α-hetero) is 2. The van der Waals surface area contributed by atoms with Crippen LogP contribution in [0.5, 0.6) is 5.75 Å². The van der Waals surface area contributed by atoms with E-state index in [-0.39, 0.29) is 18.0 Å². The summed E-state index contributed by atoms with van der Waals surface area (Å²) in [7, 11) is 0. The summed E-state index contributed by atoms with van der Waals surface area (Å²) in [5, 5.41) is 0. The van der Waals surface area contributed by atoms with Gasteiger partial charge in [0.05, 0.1) is 6.57 Å². The lowest BCUT2D eigenvalue weighted by atomic mass is 10.0. The van der Waals surface area contributed by atoms with Crippen molar-refractivity contribution in [2.24, 2.45) is 0 Å². The molecule has 0 radical (unpaired) electrons. The third kappa shape index (κ3) is 4.93. The lowest BCUT2D eigenvalue weighted by Crippen LogP contribution is -2.04. The molecule has 0 amide bonds. The van der Waals surface area contributed by atoms with Gasteiger partial charge < -0.3 is 4.74 Å². The number of nitrogens with zero attached hydrogens (tertiary/aromatic N) is 1. The molecule has 0 bridgehead atoms. The first-order valence-electron chi connectivity index (χ1n) is 8.87. The molecule has 0 atom stereocenters. The highest BCUT2D eigenvalue weighted by molar-refractivity contribution is 5.97. The molecule has 0 N–H and O–H groups in total. The monoisotopic (exact) mass is 369 g/mol. The summed E-state index contributed by atoms with van der Waals surface area (Å²) in [6, 6.07) is 21.4. The van der Waals surface area contributed by atoms with Crippen LogP contribution in [0.2, 0.25) is 0 Å². The maximum absolute atomic E-state index is 12.5. The minimum Gasteiger partial charge on any atom is -0.489 e. The predicted octanol–water partition coefficient (Wildman–Crippen LogP) is 5.44. The fourth-order valence-electron chi connectivity index (χ4n) is 2.74. The fraction of sp³-hybridized carbons (Fsp3) is 0.125. The summed E-state index contributed by atoms with van der Waals surface area (Å²) >= 11 is 0. The van der Waals surface area contributed by atoms with Gasteiger partial charge in [-0.15, -0.1) is 0 Å². The summed E-state index contributed by atoms with van der Waals surface area (Å²) in [4.78, 5) is 27.2. The standard InChI is InChI=1S/C24H19NO3/c1-17(26)20-10-6-19(7-11-20)16-28-23-5-3-4-21(15-23)24(27)14-18-8-12-22(25-2)13-9-18/h3-13,15H,14,16H2,1H3. The third-order valence-corrected chi connectivity index (χ3v) is 4.35. The van der Waals surface area contributed by atoms with Crippen molar-refractivity contribution in [1.29, 1.82) is 0 Å². The Morgan fingerprint density at radius 3 is 2.21 bits per heavy atom. The van der Waals surface area contributed by atoms with E-state index in [0.717, 1.165) is 11.1 Å². The van der Waals surface area contributed by atoms with Crippen molar-refractivity contribution in [3.8, 4) is 5.75 Å². The summed E-state index contributed by atoms with van der Waals surface area (Å²) < 4.78 is 5.79. The van der Waals surface area contributed by atoms with Gasteiger partial charge in [0.15, 0.2) is 17.3 Å². The Morgan fingerprint density at radius 1 is 0.893 bits per heavy atom. The normalized spacial score (nSPS) is 10.1. The second-order valence-electron chi connectivity index (χ2n) is 6.45. The van der Waals surface area contributed by atoms with E-state index in [1.54, 1.807) is 54.6 Å². The second kappa shape index (κ2) is 8.79. The first kappa shape index (κ1) is 19.1. The van der Waals surface area contributed by atoms with Gasteiger partial charge in [-0.3, -0.25) is 9.59 Å². The molecular formula is C24H19NO3. The highest BCUT2D eigenvalue weighted by atomic mass is 16.5. The van der Waals surface area contributed by atoms with E-state index in [1.807, 2.05) is 18.2 Å². The summed E-state index contributed by atoms with van der Waals surface area (Å²) in [6.07, 6.45) is 0.272. The van der Waals surface area contributed by atoms with E-state index >= 15 is 0 Å². The van der Waals surface area contributed by atoms with E-state index in [9.17, 15) is 9.59 Å². The smallest absolute Gasteiger partial charge is 0.187 e. The molecule has 0 fully saturated rings. The second-order valence-corrected chi connectivity index (χ2v) is 6.45. The first-order chi connectivity index (χ1) is 13.5. The van der Waals surface area contributed by atoms with Gasteiger partial charge in [0, 0.05) is 17.5 Å². The van der Waals surface area contributed by atoms with Crippen molar-refractivity contribution in [1.82, 2.24) is 0 Å². The molecule has 138 valence electrons. The van der Waals surface area contributed by atoms with E-state index < -0.39 is 0 Å². The van der Waals surface area contributed by atoms with Crippen LogP contribution in [-0.2, 0) is 13.0 Å². The van der Waals surface area contributed by atoms with E-state index in [4.69, 9.17) is 11.3 Å². The van der Waals surface area contributed by atoms with Crippen LogP contribution in [0.3, 0.4) is 0 Å². The summed E-state index contributed by atoms with van der Waals surface area (Å²) in [5.74, 6) is 0.638. The lowest BCUT2D eigenvalue weighted by molar-refractivity contribution is 0.0989. The number of ketones is 2. The Kier molecular flexibility index (Phi) is 5.98. The van der Waals surface area contributed by atoms with Crippen LogP contribution >= 0.6 is 0 Å². The Balaban J connectivity index is 1.63. The fourth-order valence-corrected chi connectivity index (χ4v) is 2.74. The largest absolute Gasteiger partial charge is 0.489 e. The number of rotatable bonds is 7. The molecule has 0 aromatic heterocycles. The van der Waals surface area contributed by atoms with Gasteiger partial charge >= 0.3 is 0 Å². The maximum atomic E-state index is 12.5. The molecular weight excluding hydrogens is 350 g/mol. The Bertz CT molecular complexity index is 1030. The average Bonchev–Trinajstić information content (AvgIpc) is 2.73. The van der Waals surface area contributed by atoms with Gasteiger partial charge in [-0.25, -0.2) is 4.85 Å². The molecule has 3 aromatic rings. The van der Waals surface area contributed by atoms with Crippen molar-refractivity contribution in [2.45, 2.75) is 20.0 Å². The Morgan fingerprint density at radius 2 is 1.57 bits per heavy atom. The zero-order valence-corrected chi connectivity index (χ0v) is 15.5. The Labute approximate surface area is 164 Å². The Hall–Kier alpha value is -3.71. The molecule has 0 aliphatic heterocycles. The highest BCUT2D eigenvalue weighted by Crippen LogP contribution is 2.19. The molecule has 4 heteroatoms. The van der Waals surface area contributed by atoms with Gasteiger partial charge in [-0.1, -0.05) is 60.7 Å². The van der Waals surface area contributed by atoms with Crippen molar-refractivity contribution in [2.75, 3.05) is 0 Å². The molecule has 0 unspecified atom stereocenters. The van der Waals surface area contributed by atoms with Gasteiger partial charge in [-0.2, -0.15) is 0 Å². The van der Waals surface area contributed by atoms with Crippen LogP contribution in [0.4, 0.5) is 5.69 Å². The number of carbonyl (C=O) groups is 2. The van der Waals surface area contributed by atoms with Crippen LogP contribution in [0.15, 0.2) is 72.8 Å². The molecule has 28 heavy (non-hydrogen) atoms. The molecule has 4 nitrogen and oxygen atoms in total. The molecule has 0 saturated heterocycles. The van der Waals surface area contributed by atoms with Crippen molar-refractivity contribution >= 4 is 17.3 Å². The molecule has 0 aliphatic rings. The molecule has 0 heterocycles. The van der Waals surface area contributed by atoms with Gasteiger partial charge in [0.2, 0.25) is 0 Å². The molecule has 3 aromatic carbocycles.